The van der Waals surface area contributed by atoms with Crippen molar-refractivity contribution in [3.8, 4) is 0 Å². The average molecular weight is 562 g/mol. The lowest BCUT2D eigenvalue weighted by atomic mass is 9.73. The van der Waals surface area contributed by atoms with Gasteiger partial charge >= 0.3 is 0 Å². The second-order valence-electron chi connectivity index (χ2n) is 12.5. The normalized spacial score (nSPS) is 25.9. The zero-order chi connectivity index (χ0) is 28.3. The highest BCUT2D eigenvalue weighted by atomic mass is 32.2. The van der Waals surface area contributed by atoms with Crippen molar-refractivity contribution < 1.29 is 8.95 Å². The van der Waals surface area contributed by atoms with Crippen LogP contribution in [0.3, 0.4) is 0 Å². The van der Waals surface area contributed by atoms with E-state index in [2.05, 4.69) is 71.6 Å². The third kappa shape index (κ3) is 5.08. The fraction of sp³-hybridized carbons (Fsp3) is 0.500. The number of benzene rings is 1. The van der Waals surface area contributed by atoms with Crippen molar-refractivity contribution >= 4 is 38.8 Å². The van der Waals surface area contributed by atoms with Gasteiger partial charge in [0.25, 0.3) is 0 Å². The van der Waals surface area contributed by atoms with Crippen LogP contribution in [0.5, 0.6) is 0 Å². The minimum atomic E-state index is -2.35. The molecule has 0 aliphatic carbocycles. The molecule has 3 aliphatic heterocycles. The van der Waals surface area contributed by atoms with Crippen molar-refractivity contribution in [2.45, 2.75) is 63.1 Å². The molecule has 0 radical (unpaired) electrons. The van der Waals surface area contributed by atoms with Gasteiger partial charge in [0.15, 0.2) is 5.82 Å². The Balaban J connectivity index is 1.37. The molecule has 0 saturated carbocycles. The Hall–Kier alpha value is -3.08. The second kappa shape index (κ2) is 9.78. The van der Waals surface area contributed by atoms with Gasteiger partial charge in [-0.2, -0.15) is 9.35 Å². The molecular weight excluding hydrogens is 522 g/mol. The average Bonchev–Trinajstić information content (AvgIpc) is 3.41. The van der Waals surface area contributed by atoms with E-state index < -0.39 is 9.73 Å². The summed E-state index contributed by atoms with van der Waals surface area (Å²) in [6.45, 7) is 8.18. The molecule has 0 bridgehead atoms. The van der Waals surface area contributed by atoms with E-state index in [0.717, 1.165) is 35.9 Å². The first-order chi connectivity index (χ1) is 18.9. The molecule has 212 valence electrons. The van der Waals surface area contributed by atoms with Crippen LogP contribution >= 0.6 is 0 Å². The number of nitrogens with one attached hydrogen (secondary N) is 1. The first-order valence-corrected chi connectivity index (χ1v) is 16.3. The monoisotopic (exact) mass is 561 g/mol. The Morgan fingerprint density at radius 2 is 1.88 bits per heavy atom. The largest absolute Gasteiger partial charge is 0.374 e. The fourth-order valence-electron chi connectivity index (χ4n) is 6.33. The number of ether oxygens (including phenoxy) is 1. The number of fused-ring (bicyclic) bond motifs is 3. The summed E-state index contributed by atoms with van der Waals surface area (Å²) in [6, 6.07) is 14.8. The highest BCUT2D eigenvalue weighted by Crippen LogP contribution is 2.53. The number of pyridine rings is 1. The van der Waals surface area contributed by atoms with Gasteiger partial charge in [0.2, 0.25) is 5.95 Å². The lowest BCUT2D eigenvalue weighted by Crippen LogP contribution is -2.54. The van der Waals surface area contributed by atoms with Gasteiger partial charge in [-0.1, -0.05) is 25.1 Å². The number of anilines is 4. The van der Waals surface area contributed by atoms with Crippen LogP contribution in [0.25, 0.3) is 0 Å². The van der Waals surface area contributed by atoms with Gasteiger partial charge in [-0.05, 0) is 76.5 Å². The molecule has 1 N–H and O–H groups in total. The van der Waals surface area contributed by atoms with Crippen molar-refractivity contribution in [2.24, 2.45) is 4.36 Å². The van der Waals surface area contributed by atoms with Gasteiger partial charge in [0.05, 0.1) is 18.2 Å². The summed E-state index contributed by atoms with van der Waals surface area (Å²) in [6.07, 6.45) is 8.40. The Morgan fingerprint density at radius 1 is 1.10 bits per heavy atom. The second-order valence-corrected chi connectivity index (χ2v) is 15.0. The molecule has 9 nitrogen and oxygen atoms in total. The molecule has 10 heteroatoms. The van der Waals surface area contributed by atoms with Crippen LogP contribution in [0.2, 0.25) is 0 Å². The summed E-state index contributed by atoms with van der Waals surface area (Å²) in [4.78, 5) is 19.2. The predicted molar refractivity (Wildman–Crippen MR) is 161 cm³/mol. The van der Waals surface area contributed by atoms with Gasteiger partial charge in [0, 0.05) is 51.1 Å². The summed E-state index contributed by atoms with van der Waals surface area (Å²) in [5, 5.41) is 3.42. The molecule has 3 aromatic rings. The Morgan fingerprint density at radius 3 is 2.58 bits per heavy atom. The van der Waals surface area contributed by atoms with Gasteiger partial charge in [-0.3, -0.25) is 4.90 Å². The van der Waals surface area contributed by atoms with E-state index in [4.69, 9.17) is 19.7 Å². The molecule has 0 spiro atoms. The summed E-state index contributed by atoms with van der Waals surface area (Å²) < 4.78 is 23.1. The standard InChI is InChI=1S/C30H39N7O2S/c1-29(2)17-24-30(3,19-39-29)22-18-31-28(32-21-14-12-20(13-15-21)23-9-8-16-36(23)4)34-27(22)37(24)26-11-7-10-25(33-26)35-40(5,6)38/h7,10-15,18,23-24H,8-9,16-17,19H2,1-6H3,(H,31,32,34)/t23-,24+,30+/m1/s1. The van der Waals surface area contributed by atoms with E-state index in [1.54, 1.807) is 18.6 Å². The number of rotatable bonds is 5. The maximum absolute atomic E-state index is 12.4. The van der Waals surface area contributed by atoms with Crippen LogP contribution in [0.1, 0.15) is 57.2 Å². The zero-order valence-electron chi connectivity index (χ0n) is 24.2. The SMILES string of the molecule is CN1CCC[C@@H]1c1ccc(Nc2ncc3c(n2)N(c2cccc(N=S(C)(C)=O)n2)[C@H]2CC(C)(C)OC[C@@]32C)cc1. The van der Waals surface area contributed by atoms with Crippen LogP contribution in [0.15, 0.2) is 53.0 Å². The molecule has 2 aromatic heterocycles. The van der Waals surface area contributed by atoms with Crippen LogP contribution in [-0.4, -0.2) is 68.4 Å². The van der Waals surface area contributed by atoms with Crippen LogP contribution in [0.4, 0.5) is 29.1 Å². The summed E-state index contributed by atoms with van der Waals surface area (Å²) >= 11 is 0. The highest BCUT2D eigenvalue weighted by molar-refractivity contribution is 7.92. The maximum atomic E-state index is 12.4. The molecule has 1 aromatic carbocycles. The third-order valence-corrected chi connectivity index (χ3v) is 9.09. The summed E-state index contributed by atoms with van der Waals surface area (Å²) in [5.74, 6) is 2.53. The molecule has 40 heavy (non-hydrogen) atoms. The van der Waals surface area contributed by atoms with Gasteiger partial charge in [-0.25, -0.2) is 14.2 Å². The van der Waals surface area contributed by atoms with Crippen LogP contribution < -0.4 is 10.2 Å². The Labute approximate surface area is 237 Å². The summed E-state index contributed by atoms with van der Waals surface area (Å²) in [7, 11) is -0.155. The van der Waals surface area contributed by atoms with E-state index in [9.17, 15) is 4.21 Å². The quantitative estimate of drug-likeness (QED) is 0.423. The van der Waals surface area contributed by atoms with E-state index in [-0.39, 0.29) is 17.1 Å². The molecule has 0 unspecified atom stereocenters. The van der Waals surface area contributed by atoms with Crippen molar-refractivity contribution in [1.82, 2.24) is 19.9 Å². The van der Waals surface area contributed by atoms with Crippen molar-refractivity contribution in [1.29, 1.82) is 0 Å². The number of aromatic nitrogens is 3. The summed E-state index contributed by atoms with van der Waals surface area (Å²) in [5.41, 5.74) is 2.72. The predicted octanol–water partition coefficient (Wildman–Crippen LogP) is 5.72. The molecule has 5 heterocycles. The lowest BCUT2D eigenvalue weighted by molar-refractivity contribution is -0.0893. The van der Waals surface area contributed by atoms with E-state index in [1.165, 1.54) is 18.4 Å². The van der Waals surface area contributed by atoms with Crippen molar-refractivity contribution in [3.63, 3.8) is 0 Å². The molecule has 3 aliphatic rings. The topological polar surface area (TPSA) is 95.8 Å². The van der Waals surface area contributed by atoms with Crippen molar-refractivity contribution in [2.75, 3.05) is 42.9 Å². The van der Waals surface area contributed by atoms with E-state index in [0.29, 0.717) is 24.4 Å². The third-order valence-electron chi connectivity index (χ3n) is 8.46. The zero-order valence-corrected chi connectivity index (χ0v) is 25.0. The van der Waals surface area contributed by atoms with E-state index >= 15 is 0 Å². The maximum Gasteiger partial charge on any atom is 0.229 e. The van der Waals surface area contributed by atoms with Crippen molar-refractivity contribution in [3.05, 3.63) is 59.8 Å². The minimum absolute atomic E-state index is 0.0637. The molecule has 2 saturated heterocycles. The number of nitrogens with zero attached hydrogens (tertiary/aromatic N) is 6. The van der Waals surface area contributed by atoms with Crippen LogP contribution in [-0.2, 0) is 19.9 Å². The smallest absolute Gasteiger partial charge is 0.229 e. The number of likely N-dealkylation sites (tertiary alicyclic amines) is 1. The molecule has 0 amide bonds. The van der Waals surface area contributed by atoms with Gasteiger partial charge in [-0.15, -0.1) is 0 Å². The number of hydrogen-bond acceptors (Lipinski definition) is 9. The Bertz CT molecular complexity index is 1540. The Kier molecular flexibility index (Phi) is 6.63. The van der Waals surface area contributed by atoms with Gasteiger partial charge in [0.1, 0.15) is 11.6 Å². The molecule has 6 rings (SSSR count). The van der Waals surface area contributed by atoms with Gasteiger partial charge < -0.3 is 15.0 Å². The molecule has 3 atom stereocenters. The fourth-order valence-corrected chi connectivity index (χ4v) is 6.88. The highest BCUT2D eigenvalue weighted by Gasteiger charge is 2.55. The first kappa shape index (κ1) is 27.1. The first-order valence-electron chi connectivity index (χ1n) is 13.9. The molecular formula is C30H39N7O2S. The van der Waals surface area contributed by atoms with E-state index in [1.807, 2.05) is 18.3 Å². The van der Waals surface area contributed by atoms with Crippen LogP contribution in [0, 0.1) is 0 Å². The lowest BCUT2D eigenvalue weighted by Gasteiger charge is -2.46. The molecule has 2 fully saturated rings. The number of hydrogen-bond donors (Lipinski definition) is 1. The minimum Gasteiger partial charge on any atom is -0.374 e.